The van der Waals surface area contributed by atoms with Crippen LogP contribution in [0.1, 0.15) is 46.5 Å². The molecule has 2 saturated heterocycles. The first kappa shape index (κ1) is 17.4. The lowest BCUT2D eigenvalue weighted by molar-refractivity contribution is -0.130. The Morgan fingerprint density at radius 3 is 1.70 bits per heavy atom. The molecule has 2 aliphatic rings. The topological polar surface area (TPSA) is 26.8 Å². The van der Waals surface area contributed by atoms with Crippen molar-refractivity contribution in [3.63, 3.8) is 0 Å². The zero-order valence-corrected chi connectivity index (χ0v) is 13.7. The number of likely N-dealkylation sites (tertiary alicyclic amines) is 1. The third kappa shape index (κ3) is 6.71. The Balaban J connectivity index is 0.000000612. The van der Waals surface area contributed by atoms with Gasteiger partial charge in [-0.05, 0) is 25.9 Å². The molecule has 2 heterocycles. The summed E-state index contributed by atoms with van der Waals surface area (Å²) >= 11 is 0. The van der Waals surface area contributed by atoms with Crippen LogP contribution in [-0.4, -0.2) is 73.0 Å². The van der Waals surface area contributed by atoms with E-state index in [1.54, 1.807) is 6.92 Å². The molecule has 0 aromatic heterocycles. The van der Waals surface area contributed by atoms with Gasteiger partial charge in [0.15, 0.2) is 0 Å². The van der Waals surface area contributed by atoms with Gasteiger partial charge in [0.05, 0.1) is 0 Å². The van der Waals surface area contributed by atoms with Crippen molar-refractivity contribution >= 4 is 5.91 Å². The fourth-order valence-electron chi connectivity index (χ4n) is 2.75. The molecule has 20 heavy (non-hydrogen) atoms. The Hall–Kier alpha value is -0.610. The first-order valence-electron chi connectivity index (χ1n) is 8.37. The zero-order chi connectivity index (χ0) is 14.8. The Bertz CT molecular complexity index is 256. The third-order valence-corrected chi connectivity index (χ3v) is 4.00. The van der Waals surface area contributed by atoms with Gasteiger partial charge in [-0.2, -0.15) is 0 Å². The molecule has 2 rings (SSSR count). The maximum absolute atomic E-state index is 11.2. The molecule has 0 aromatic rings. The van der Waals surface area contributed by atoms with Crippen LogP contribution in [0.5, 0.6) is 0 Å². The maximum Gasteiger partial charge on any atom is 0.219 e. The maximum atomic E-state index is 11.2. The minimum atomic E-state index is 0.223. The molecule has 0 radical (unpaired) electrons. The van der Waals surface area contributed by atoms with E-state index in [1.165, 1.54) is 51.9 Å². The van der Waals surface area contributed by atoms with Crippen molar-refractivity contribution in [3.8, 4) is 0 Å². The van der Waals surface area contributed by atoms with Crippen molar-refractivity contribution in [2.45, 2.75) is 46.5 Å². The number of carbonyl (C=O) groups is 1. The minimum Gasteiger partial charge on any atom is -0.340 e. The van der Waals surface area contributed by atoms with Crippen molar-refractivity contribution < 1.29 is 4.79 Å². The van der Waals surface area contributed by atoms with E-state index >= 15 is 0 Å². The normalized spacial score (nSPS) is 21.2. The highest BCUT2D eigenvalue weighted by Crippen LogP contribution is 2.09. The van der Waals surface area contributed by atoms with E-state index in [4.69, 9.17) is 0 Å². The number of piperazine rings is 1. The summed E-state index contributed by atoms with van der Waals surface area (Å²) in [5, 5.41) is 0. The largest absolute Gasteiger partial charge is 0.340 e. The lowest BCUT2D eigenvalue weighted by Gasteiger charge is -2.36. The molecule has 4 nitrogen and oxygen atoms in total. The van der Waals surface area contributed by atoms with E-state index < -0.39 is 0 Å². The number of nitrogens with zero attached hydrogens (tertiary/aromatic N) is 3. The van der Waals surface area contributed by atoms with Gasteiger partial charge in [0.2, 0.25) is 5.91 Å². The van der Waals surface area contributed by atoms with E-state index in [-0.39, 0.29) is 5.91 Å². The van der Waals surface area contributed by atoms with Crippen molar-refractivity contribution in [1.82, 2.24) is 14.7 Å². The molecule has 0 aromatic carbocycles. The molecular formula is C16H33N3O. The van der Waals surface area contributed by atoms with Crippen LogP contribution in [0.15, 0.2) is 0 Å². The van der Waals surface area contributed by atoms with Gasteiger partial charge in [0, 0.05) is 46.2 Å². The summed E-state index contributed by atoms with van der Waals surface area (Å²) in [6, 6.07) is 0. The predicted molar refractivity (Wildman–Crippen MR) is 85.0 cm³/mol. The average molecular weight is 283 g/mol. The second-order valence-corrected chi connectivity index (χ2v) is 5.96. The van der Waals surface area contributed by atoms with E-state index in [0.29, 0.717) is 0 Å². The molecule has 0 aliphatic carbocycles. The number of amides is 1. The molecule has 0 saturated carbocycles. The van der Waals surface area contributed by atoms with Crippen LogP contribution in [0.25, 0.3) is 0 Å². The molecule has 0 unspecified atom stereocenters. The summed E-state index contributed by atoms with van der Waals surface area (Å²) in [6.07, 6.45) is 5.41. The monoisotopic (exact) mass is 283 g/mol. The lowest BCUT2D eigenvalue weighted by atomic mass is 10.1. The van der Waals surface area contributed by atoms with Gasteiger partial charge in [0.1, 0.15) is 0 Å². The number of carbonyl (C=O) groups excluding carboxylic acids is 1. The molecule has 1 amide bonds. The van der Waals surface area contributed by atoms with Gasteiger partial charge in [-0.1, -0.05) is 26.7 Å². The van der Waals surface area contributed by atoms with Crippen molar-refractivity contribution in [2.75, 3.05) is 52.4 Å². The van der Waals surface area contributed by atoms with Gasteiger partial charge < -0.3 is 9.80 Å². The van der Waals surface area contributed by atoms with Crippen LogP contribution in [0.4, 0.5) is 0 Å². The quantitative estimate of drug-likeness (QED) is 0.793. The summed E-state index contributed by atoms with van der Waals surface area (Å²) in [5.74, 6) is 0.223. The van der Waals surface area contributed by atoms with Gasteiger partial charge >= 0.3 is 0 Å². The fourth-order valence-corrected chi connectivity index (χ4v) is 2.75. The van der Waals surface area contributed by atoms with Crippen molar-refractivity contribution in [2.24, 2.45) is 0 Å². The third-order valence-electron chi connectivity index (χ3n) is 4.00. The number of rotatable bonds is 3. The molecule has 2 aliphatic heterocycles. The Labute approximate surface area is 125 Å². The minimum absolute atomic E-state index is 0.223. The summed E-state index contributed by atoms with van der Waals surface area (Å²) in [4.78, 5) is 18.2. The number of hydrogen-bond acceptors (Lipinski definition) is 3. The van der Waals surface area contributed by atoms with E-state index in [2.05, 4.69) is 23.6 Å². The molecule has 0 atom stereocenters. The highest BCUT2D eigenvalue weighted by Gasteiger charge is 2.19. The van der Waals surface area contributed by atoms with Crippen LogP contribution in [0, 0.1) is 0 Å². The van der Waals surface area contributed by atoms with Gasteiger partial charge in [-0.25, -0.2) is 0 Å². The molecule has 118 valence electrons. The first-order valence-corrected chi connectivity index (χ1v) is 8.37. The molecule has 0 spiro atoms. The average Bonchev–Trinajstić information content (AvgIpc) is 2.47. The molecule has 4 heteroatoms. The SMILES string of the molecule is CC(=O)N1CCN(CCN2CCCCC2)CC1.CCC. The second kappa shape index (κ2) is 10.2. The van der Waals surface area contributed by atoms with Crippen LogP contribution in [-0.2, 0) is 4.79 Å². The predicted octanol–water partition coefficient (Wildman–Crippen LogP) is 2.05. The fraction of sp³-hybridized carbons (Fsp3) is 0.938. The zero-order valence-electron chi connectivity index (χ0n) is 13.7. The standard InChI is InChI=1S/C13H25N3O.C3H8/c1-13(17)16-11-9-15(10-12-16)8-7-14-5-3-2-4-6-14;1-3-2/h2-12H2,1H3;3H2,1-2H3. The Kier molecular flexibility index (Phi) is 8.86. The Morgan fingerprint density at radius 1 is 0.800 bits per heavy atom. The van der Waals surface area contributed by atoms with Crippen LogP contribution >= 0.6 is 0 Å². The molecule has 2 fully saturated rings. The van der Waals surface area contributed by atoms with Crippen molar-refractivity contribution in [3.05, 3.63) is 0 Å². The summed E-state index contributed by atoms with van der Waals surface area (Å²) in [5.41, 5.74) is 0. The van der Waals surface area contributed by atoms with Crippen LogP contribution in [0.3, 0.4) is 0 Å². The van der Waals surface area contributed by atoms with E-state index in [1.807, 2.05) is 4.90 Å². The van der Waals surface area contributed by atoms with Crippen molar-refractivity contribution in [1.29, 1.82) is 0 Å². The highest BCUT2D eigenvalue weighted by molar-refractivity contribution is 5.73. The van der Waals surface area contributed by atoms with E-state index in [0.717, 1.165) is 26.2 Å². The summed E-state index contributed by atoms with van der Waals surface area (Å²) in [6.45, 7) is 14.8. The molecule has 0 bridgehead atoms. The van der Waals surface area contributed by atoms with Gasteiger partial charge in [0.25, 0.3) is 0 Å². The van der Waals surface area contributed by atoms with E-state index in [9.17, 15) is 4.79 Å². The van der Waals surface area contributed by atoms with Crippen LogP contribution < -0.4 is 0 Å². The number of piperidine rings is 1. The number of hydrogen-bond donors (Lipinski definition) is 0. The Morgan fingerprint density at radius 2 is 1.25 bits per heavy atom. The first-order chi connectivity index (χ1) is 9.67. The summed E-state index contributed by atoms with van der Waals surface area (Å²) < 4.78 is 0. The second-order valence-electron chi connectivity index (χ2n) is 5.96. The van der Waals surface area contributed by atoms with Gasteiger partial charge in [-0.15, -0.1) is 0 Å². The molecular weight excluding hydrogens is 250 g/mol. The van der Waals surface area contributed by atoms with Crippen LogP contribution in [0.2, 0.25) is 0 Å². The van der Waals surface area contributed by atoms with Gasteiger partial charge in [-0.3, -0.25) is 9.69 Å². The lowest BCUT2D eigenvalue weighted by Crippen LogP contribution is -2.50. The highest BCUT2D eigenvalue weighted by atomic mass is 16.2. The summed E-state index contributed by atoms with van der Waals surface area (Å²) in [7, 11) is 0. The smallest absolute Gasteiger partial charge is 0.219 e. The molecule has 0 N–H and O–H groups in total.